The van der Waals surface area contributed by atoms with Crippen LogP contribution in [0.25, 0.3) is 10.9 Å². The Bertz CT molecular complexity index is 1010. The molecule has 0 spiro atoms. The number of fused-ring (bicyclic) bond motifs is 1. The molecule has 3 nitrogen and oxygen atoms in total. The summed E-state index contributed by atoms with van der Waals surface area (Å²) < 4.78 is 23.2. The molecule has 0 aliphatic heterocycles. The Morgan fingerprint density at radius 1 is 1.17 bits per heavy atom. The lowest BCUT2D eigenvalue weighted by Gasteiger charge is -2.17. The highest BCUT2D eigenvalue weighted by Crippen LogP contribution is 2.37. The average Bonchev–Trinajstić information content (AvgIpc) is 2.89. The molecular formula is C23H30ClFN2OSi. The first-order valence-corrected chi connectivity index (χ1v) is 14.2. The third-order valence-electron chi connectivity index (χ3n) is 5.68. The summed E-state index contributed by atoms with van der Waals surface area (Å²) >= 11 is 5.93. The monoisotopic (exact) mass is 432 g/mol. The van der Waals surface area contributed by atoms with E-state index in [2.05, 4.69) is 43.0 Å². The van der Waals surface area contributed by atoms with Gasteiger partial charge in [0.1, 0.15) is 17.7 Å². The van der Waals surface area contributed by atoms with E-state index in [0.717, 1.165) is 40.4 Å². The number of aryl methyl sites for hydroxylation is 1. The maximum absolute atomic E-state index is 15.0. The Hall–Kier alpha value is -1.69. The van der Waals surface area contributed by atoms with Crippen molar-refractivity contribution in [2.45, 2.75) is 59.1 Å². The highest BCUT2D eigenvalue weighted by molar-refractivity contribution is 6.76. The molecule has 0 N–H and O–H groups in total. The summed E-state index contributed by atoms with van der Waals surface area (Å²) in [6.07, 6.45) is 1.73. The minimum Gasteiger partial charge on any atom is -0.361 e. The Balaban J connectivity index is 1.99. The number of pyridine rings is 1. The van der Waals surface area contributed by atoms with Gasteiger partial charge in [-0.25, -0.2) is 9.37 Å². The molecular weight excluding hydrogens is 403 g/mol. The van der Waals surface area contributed by atoms with Gasteiger partial charge in [-0.05, 0) is 49.2 Å². The molecule has 0 saturated carbocycles. The summed E-state index contributed by atoms with van der Waals surface area (Å²) in [7, 11) is -1.13. The fraction of sp³-hybridized carbons (Fsp3) is 0.435. The van der Waals surface area contributed by atoms with Crippen LogP contribution >= 0.6 is 11.6 Å². The smallest absolute Gasteiger partial charge is 0.129 e. The first kappa shape index (κ1) is 22.0. The minimum absolute atomic E-state index is 0.134. The second-order valence-corrected chi connectivity index (χ2v) is 15.0. The lowest BCUT2D eigenvalue weighted by atomic mass is 9.90. The van der Waals surface area contributed by atoms with Crippen LogP contribution in [0.3, 0.4) is 0 Å². The topological polar surface area (TPSA) is 27.1 Å². The molecule has 2 heterocycles. The molecule has 6 heteroatoms. The van der Waals surface area contributed by atoms with Gasteiger partial charge < -0.3 is 9.30 Å². The van der Waals surface area contributed by atoms with Crippen molar-refractivity contribution in [3.8, 4) is 0 Å². The molecule has 0 amide bonds. The van der Waals surface area contributed by atoms with E-state index in [4.69, 9.17) is 16.3 Å². The van der Waals surface area contributed by atoms with Gasteiger partial charge in [-0.2, -0.15) is 0 Å². The van der Waals surface area contributed by atoms with Crippen LogP contribution in [0, 0.1) is 19.7 Å². The molecule has 2 aromatic heterocycles. The number of aromatic nitrogens is 2. The summed E-state index contributed by atoms with van der Waals surface area (Å²) in [5.41, 5.74) is 4.86. The van der Waals surface area contributed by atoms with Gasteiger partial charge in [0.15, 0.2) is 0 Å². The minimum atomic E-state index is -1.13. The van der Waals surface area contributed by atoms with Crippen molar-refractivity contribution in [2.75, 3.05) is 6.61 Å². The fourth-order valence-electron chi connectivity index (χ4n) is 3.70. The fourth-order valence-corrected chi connectivity index (χ4v) is 4.57. The van der Waals surface area contributed by atoms with Gasteiger partial charge in [0.05, 0.1) is 5.52 Å². The first-order chi connectivity index (χ1) is 13.6. The third kappa shape index (κ3) is 4.73. The lowest BCUT2D eigenvalue weighted by molar-refractivity contribution is 0.0889. The van der Waals surface area contributed by atoms with Crippen LogP contribution in [-0.4, -0.2) is 24.2 Å². The maximum Gasteiger partial charge on any atom is 0.129 e. The number of nitrogens with zero attached hydrogens (tertiary/aromatic N) is 2. The summed E-state index contributed by atoms with van der Waals surface area (Å²) in [4.78, 5) is 4.17. The van der Waals surface area contributed by atoms with Gasteiger partial charge in [-0.1, -0.05) is 44.2 Å². The van der Waals surface area contributed by atoms with Crippen molar-refractivity contribution in [3.63, 3.8) is 0 Å². The highest BCUT2D eigenvalue weighted by Gasteiger charge is 2.22. The van der Waals surface area contributed by atoms with Crippen LogP contribution in [0.15, 0.2) is 30.5 Å². The third-order valence-corrected chi connectivity index (χ3v) is 7.61. The zero-order chi connectivity index (χ0) is 21.3. The van der Waals surface area contributed by atoms with E-state index in [1.54, 1.807) is 18.3 Å². The predicted octanol–water partition coefficient (Wildman–Crippen LogP) is 6.91. The number of benzene rings is 1. The zero-order valence-corrected chi connectivity index (χ0v) is 19.9. The molecule has 0 saturated heterocycles. The molecule has 29 heavy (non-hydrogen) atoms. The Labute approximate surface area is 178 Å². The number of ether oxygens (including phenoxy) is 1. The van der Waals surface area contributed by atoms with Gasteiger partial charge in [0.2, 0.25) is 0 Å². The molecule has 1 unspecified atom stereocenters. The van der Waals surface area contributed by atoms with Crippen LogP contribution in [0.1, 0.15) is 35.2 Å². The van der Waals surface area contributed by atoms with E-state index < -0.39 is 8.07 Å². The maximum atomic E-state index is 15.0. The van der Waals surface area contributed by atoms with Gasteiger partial charge in [-0.3, -0.25) is 0 Å². The van der Waals surface area contributed by atoms with E-state index in [1.165, 1.54) is 0 Å². The van der Waals surface area contributed by atoms with Crippen molar-refractivity contribution in [1.29, 1.82) is 0 Å². The highest BCUT2D eigenvalue weighted by atomic mass is 35.5. The summed E-state index contributed by atoms with van der Waals surface area (Å²) in [5.74, 6) is -0.329. The molecule has 1 aromatic carbocycles. The first-order valence-electron chi connectivity index (χ1n) is 10.1. The van der Waals surface area contributed by atoms with Gasteiger partial charge in [-0.15, -0.1) is 0 Å². The molecule has 3 rings (SSSR count). The van der Waals surface area contributed by atoms with Crippen molar-refractivity contribution in [1.82, 2.24) is 9.55 Å². The van der Waals surface area contributed by atoms with Crippen LogP contribution < -0.4 is 0 Å². The number of rotatable bonds is 7. The molecule has 156 valence electrons. The van der Waals surface area contributed by atoms with Gasteiger partial charge in [0, 0.05) is 43.4 Å². The summed E-state index contributed by atoms with van der Waals surface area (Å²) in [5, 5.41) is 1.41. The Kier molecular flexibility index (Phi) is 6.51. The average molecular weight is 433 g/mol. The summed E-state index contributed by atoms with van der Waals surface area (Å²) in [6.45, 7) is 14.4. The number of hydrogen-bond acceptors (Lipinski definition) is 2. The molecule has 0 aliphatic rings. The van der Waals surface area contributed by atoms with Crippen molar-refractivity contribution in [3.05, 3.63) is 63.8 Å². The number of hydrogen-bond donors (Lipinski definition) is 0. The quantitative estimate of drug-likeness (QED) is 0.230. The van der Waals surface area contributed by atoms with E-state index in [9.17, 15) is 0 Å². The van der Waals surface area contributed by atoms with Crippen LogP contribution in [0.2, 0.25) is 30.8 Å². The van der Waals surface area contributed by atoms with Crippen molar-refractivity contribution in [2.24, 2.45) is 0 Å². The predicted molar refractivity (Wildman–Crippen MR) is 122 cm³/mol. The van der Waals surface area contributed by atoms with E-state index in [0.29, 0.717) is 17.4 Å². The van der Waals surface area contributed by atoms with Gasteiger partial charge in [0.25, 0.3) is 0 Å². The largest absolute Gasteiger partial charge is 0.361 e. The molecule has 0 fully saturated rings. The Morgan fingerprint density at radius 3 is 2.52 bits per heavy atom. The molecule has 0 radical (unpaired) electrons. The van der Waals surface area contributed by atoms with Crippen molar-refractivity contribution >= 4 is 30.6 Å². The van der Waals surface area contributed by atoms with E-state index >= 15 is 4.39 Å². The van der Waals surface area contributed by atoms with E-state index in [-0.39, 0.29) is 11.7 Å². The molecule has 3 aromatic rings. The number of halogens is 2. The normalized spacial score (nSPS) is 13.2. The summed E-state index contributed by atoms with van der Waals surface area (Å²) in [6, 6.07) is 8.22. The zero-order valence-electron chi connectivity index (χ0n) is 18.1. The van der Waals surface area contributed by atoms with Crippen LogP contribution in [-0.2, 0) is 11.5 Å². The molecule has 0 aliphatic carbocycles. The second kappa shape index (κ2) is 8.58. The second-order valence-electron chi connectivity index (χ2n) is 8.98. The molecule has 0 bridgehead atoms. The van der Waals surface area contributed by atoms with Crippen LogP contribution in [0.5, 0.6) is 0 Å². The Morgan fingerprint density at radius 2 is 1.90 bits per heavy atom. The van der Waals surface area contributed by atoms with Crippen LogP contribution in [0.4, 0.5) is 4.39 Å². The van der Waals surface area contributed by atoms with Gasteiger partial charge >= 0.3 is 0 Å². The van der Waals surface area contributed by atoms with Crippen molar-refractivity contribution < 1.29 is 9.13 Å². The SMILES string of the molecule is Cc1c(C)n(COCC[Si](C)(C)C)c2ccc(F)c(C(C)c3ccc(Cl)nc3)c12. The molecule has 1 atom stereocenters. The van der Waals surface area contributed by atoms with E-state index in [1.807, 2.05) is 19.1 Å². The standard InChI is InChI=1S/C23H30ClFN2OSi/c1-15-17(3)27(14-28-11-12-29(4,5)6)20-9-8-19(25)22(23(15)20)16(2)18-7-10-21(24)26-13-18/h7-10,13,16H,11-12,14H2,1-6H3. The lowest BCUT2D eigenvalue weighted by Crippen LogP contribution is -2.22.